The van der Waals surface area contributed by atoms with E-state index < -0.39 is 30.1 Å². The zero-order valence-electron chi connectivity index (χ0n) is 15.9. The number of amides is 3. The summed E-state index contributed by atoms with van der Waals surface area (Å²) in [7, 11) is 1.22. The van der Waals surface area contributed by atoms with Crippen LogP contribution in [-0.2, 0) is 19.1 Å². The highest BCUT2D eigenvalue weighted by Crippen LogP contribution is 2.05. The number of hydrogen-bond acceptors (Lipinski definition) is 5. The zero-order valence-corrected chi connectivity index (χ0v) is 15.9. The van der Waals surface area contributed by atoms with Crippen LogP contribution in [0.1, 0.15) is 47.5 Å². The molecular formula is C17H31N3O5. The van der Waals surface area contributed by atoms with Gasteiger partial charge in [0.05, 0.1) is 13.2 Å². The summed E-state index contributed by atoms with van der Waals surface area (Å²) in [5.41, 5.74) is 0. The van der Waals surface area contributed by atoms with E-state index in [1.165, 1.54) is 7.11 Å². The van der Waals surface area contributed by atoms with Crippen LogP contribution in [0.4, 0.5) is 4.79 Å². The van der Waals surface area contributed by atoms with Crippen molar-refractivity contribution < 1.29 is 23.9 Å². The number of alkyl carbamates (subject to hydrolysis) is 1. The van der Waals surface area contributed by atoms with Gasteiger partial charge in [-0.05, 0) is 25.2 Å². The van der Waals surface area contributed by atoms with Crippen LogP contribution in [0.2, 0.25) is 0 Å². The fraction of sp³-hybridized carbons (Fsp3) is 0.765. The van der Waals surface area contributed by atoms with Crippen molar-refractivity contribution in [2.75, 3.05) is 7.11 Å². The maximum Gasteiger partial charge on any atom is 0.407 e. The molecule has 0 rings (SSSR count). The maximum atomic E-state index is 12.3. The maximum absolute atomic E-state index is 12.3. The molecule has 3 atom stereocenters. The van der Waals surface area contributed by atoms with Gasteiger partial charge in [0.1, 0.15) is 12.3 Å². The van der Waals surface area contributed by atoms with Gasteiger partial charge in [0, 0.05) is 12.5 Å². The van der Waals surface area contributed by atoms with Gasteiger partial charge in [-0.1, -0.05) is 27.7 Å². The van der Waals surface area contributed by atoms with Crippen molar-refractivity contribution in [1.82, 2.24) is 16.0 Å². The molecule has 0 aliphatic heterocycles. The largest absolute Gasteiger partial charge is 0.453 e. The summed E-state index contributed by atoms with van der Waals surface area (Å²) in [4.78, 5) is 46.6. The van der Waals surface area contributed by atoms with Crippen molar-refractivity contribution in [2.24, 2.45) is 11.8 Å². The number of nitrogens with one attached hydrogen (secondary N) is 3. The fourth-order valence-corrected chi connectivity index (χ4v) is 2.30. The Balaban J connectivity index is 4.57. The van der Waals surface area contributed by atoms with Crippen LogP contribution in [0.15, 0.2) is 0 Å². The molecule has 0 radical (unpaired) electrons. The van der Waals surface area contributed by atoms with E-state index in [-0.39, 0.29) is 24.2 Å². The molecule has 0 aromatic carbocycles. The van der Waals surface area contributed by atoms with Crippen LogP contribution in [0.5, 0.6) is 0 Å². The van der Waals surface area contributed by atoms with Crippen molar-refractivity contribution in [3.05, 3.63) is 0 Å². The predicted molar refractivity (Wildman–Crippen MR) is 93.8 cm³/mol. The third kappa shape index (κ3) is 9.69. The van der Waals surface area contributed by atoms with Gasteiger partial charge in [-0.15, -0.1) is 0 Å². The van der Waals surface area contributed by atoms with Gasteiger partial charge >= 0.3 is 6.09 Å². The molecule has 0 aliphatic carbocycles. The van der Waals surface area contributed by atoms with Crippen molar-refractivity contribution >= 4 is 24.2 Å². The zero-order chi connectivity index (χ0) is 19.6. The first kappa shape index (κ1) is 22.9. The third-order valence-electron chi connectivity index (χ3n) is 3.52. The molecule has 8 heteroatoms. The van der Waals surface area contributed by atoms with Gasteiger partial charge in [-0.25, -0.2) is 4.79 Å². The third-order valence-corrected chi connectivity index (χ3v) is 3.52. The molecule has 0 saturated heterocycles. The van der Waals surface area contributed by atoms with E-state index in [0.29, 0.717) is 6.42 Å². The Morgan fingerprint density at radius 2 is 1.60 bits per heavy atom. The Hall–Kier alpha value is -2.12. The Morgan fingerprint density at radius 3 is 2.04 bits per heavy atom. The van der Waals surface area contributed by atoms with Crippen LogP contribution in [0.3, 0.4) is 0 Å². The Morgan fingerprint density at radius 1 is 1.00 bits per heavy atom. The summed E-state index contributed by atoms with van der Waals surface area (Å²) in [6, 6.07) is -1.74. The van der Waals surface area contributed by atoms with Crippen LogP contribution in [0.25, 0.3) is 0 Å². The summed E-state index contributed by atoms with van der Waals surface area (Å²) in [5.74, 6) is -0.572. The monoisotopic (exact) mass is 357 g/mol. The van der Waals surface area contributed by atoms with Crippen molar-refractivity contribution in [3.63, 3.8) is 0 Å². The first-order chi connectivity index (χ1) is 11.6. The Labute approximate surface area is 149 Å². The van der Waals surface area contributed by atoms with Crippen LogP contribution in [-0.4, -0.2) is 49.4 Å². The number of carbonyl (C=O) groups excluding carboxylic acids is 4. The second-order valence-corrected chi connectivity index (χ2v) is 6.91. The molecule has 0 unspecified atom stereocenters. The molecule has 0 aliphatic rings. The van der Waals surface area contributed by atoms with E-state index in [2.05, 4.69) is 20.7 Å². The first-order valence-electron chi connectivity index (χ1n) is 8.50. The standard InChI is InChI=1S/C17H31N3O5/c1-10(2)7-13(9-21)19-14(22)8-12(5)18-16(23)15(11(3)4)20-17(24)25-6/h9-13,15H,7-8H2,1-6H3,(H,18,23)(H,19,22)(H,20,24)/t12-,13-,15-/m0/s1. The summed E-state index contributed by atoms with van der Waals surface area (Å²) < 4.78 is 4.51. The normalized spacial score (nSPS) is 14.4. The lowest BCUT2D eigenvalue weighted by Gasteiger charge is -2.23. The SMILES string of the molecule is COC(=O)N[C@H](C(=O)N[C@@H](C)CC(=O)N[C@H](C=O)CC(C)C)C(C)C. The Kier molecular flexibility index (Phi) is 10.5. The van der Waals surface area contributed by atoms with E-state index in [1.54, 1.807) is 20.8 Å². The average Bonchev–Trinajstić information content (AvgIpc) is 2.50. The number of ether oxygens (including phenoxy) is 1. The van der Waals surface area contributed by atoms with Crippen molar-refractivity contribution in [2.45, 2.75) is 65.6 Å². The number of carbonyl (C=O) groups is 4. The van der Waals surface area contributed by atoms with Gasteiger partial charge in [0.2, 0.25) is 11.8 Å². The van der Waals surface area contributed by atoms with Gasteiger partial charge in [-0.3, -0.25) is 9.59 Å². The minimum absolute atomic E-state index is 0.0389. The minimum Gasteiger partial charge on any atom is -0.453 e. The summed E-state index contributed by atoms with van der Waals surface area (Å²) >= 11 is 0. The van der Waals surface area contributed by atoms with Crippen LogP contribution >= 0.6 is 0 Å². The molecule has 0 spiro atoms. The summed E-state index contributed by atoms with van der Waals surface area (Å²) in [6.07, 6.45) is 0.629. The topological polar surface area (TPSA) is 114 Å². The van der Waals surface area contributed by atoms with Crippen LogP contribution in [0, 0.1) is 11.8 Å². The number of methoxy groups -OCH3 is 1. The average molecular weight is 357 g/mol. The molecule has 0 saturated carbocycles. The van der Waals surface area contributed by atoms with Crippen molar-refractivity contribution in [3.8, 4) is 0 Å². The summed E-state index contributed by atoms with van der Waals surface area (Å²) in [6.45, 7) is 9.19. The molecule has 3 N–H and O–H groups in total. The number of aldehydes is 1. The summed E-state index contributed by atoms with van der Waals surface area (Å²) in [5, 5.41) is 7.81. The van der Waals surface area contributed by atoms with Gasteiger partial charge in [0.25, 0.3) is 0 Å². The van der Waals surface area contributed by atoms with Gasteiger partial charge in [0.15, 0.2) is 0 Å². The molecule has 8 nitrogen and oxygen atoms in total. The molecule has 0 bridgehead atoms. The highest BCUT2D eigenvalue weighted by Gasteiger charge is 2.26. The molecule has 3 amide bonds. The number of rotatable bonds is 10. The quantitative estimate of drug-likeness (QED) is 0.505. The highest BCUT2D eigenvalue weighted by atomic mass is 16.5. The van der Waals surface area contributed by atoms with E-state index in [1.807, 2.05) is 13.8 Å². The minimum atomic E-state index is -0.762. The molecule has 0 fully saturated rings. The molecule has 144 valence electrons. The highest BCUT2D eigenvalue weighted by molar-refractivity contribution is 5.87. The molecule has 25 heavy (non-hydrogen) atoms. The van der Waals surface area contributed by atoms with E-state index in [9.17, 15) is 19.2 Å². The predicted octanol–water partition coefficient (Wildman–Crippen LogP) is 0.992. The fourth-order valence-electron chi connectivity index (χ4n) is 2.30. The molecule has 0 aromatic heterocycles. The smallest absolute Gasteiger partial charge is 0.407 e. The first-order valence-corrected chi connectivity index (χ1v) is 8.50. The second kappa shape index (κ2) is 11.4. The van der Waals surface area contributed by atoms with Crippen LogP contribution < -0.4 is 16.0 Å². The van der Waals surface area contributed by atoms with Crippen molar-refractivity contribution in [1.29, 1.82) is 0 Å². The lowest BCUT2D eigenvalue weighted by atomic mass is 10.0. The van der Waals surface area contributed by atoms with E-state index in [0.717, 1.165) is 6.29 Å². The number of hydrogen-bond donors (Lipinski definition) is 3. The molecule has 0 aromatic rings. The molecule has 0 heterocycles. The van der Waals surface area contributed by atoms with Gasteiger partial charge in [-0.2, -0.15) is 0 Å². The lowest BCUT2D eigenvalue weighted by molar-refractivity contribution is -0.126. The Bertz CT molecular complexity index is 465. The van der Waals surface area contributed by atoms with Gasteiger partial charge < -0.3 is 25.5 Å². The second-order valence-electron chi connectivity index (χ2n) is 6.91. The van der Waals surface area contributed by atoms with E-state index >= 15 is 0 Å². The van der Waals surface area contributed by atoms with E-state index in [4.69, 9.17) is 0 Å². The molecular weight excluding hydrogens is 326 g/mol. The lowest BCUT2D eigenvalue weighted by Crippen LogP contribution is -2.52.